The summed E-state index contributed by atoms with van der Waals surface area (Å²) in [5, 5.41) is 34.1. The van der Waals surface area contributed by atoms with Crippen LogP contribution in [0.5, 0.6) is 0 Å². The molecule has 8 nitrogen and oxygen atoms in total. The minimum Gasteiger partial charge on any atom is -0.378 e. The van der Waals surface area contributed by atoms with Crippen molar-refractivity contribution in [1.82, 2.24) is 4.90 Å². The van der Waals surface area contributed by atoms with Crippen LogP contribution < -0.4 is 4.90 Å². The highest BCUT2D eigenvalue weighted by Gasteiger charge is 2.91. The molecule has 0 saturated carbocycles. The minimum absolute atomic E-state index is 0.354. The van der Waals surface area contributed by atoms with Crippen LogP contribution in [0.25, 0.3) is 0 Å². The van der Waals surface area contributed by atoms with E-state index in [0.717, 1.165) is 11.1 Å². The molecular formula is C24H28N2O6. The molecule has 0 unspecified atom stereocenters. The number of likely N-dealkylation sites (N-methyl/N-ethyl adjacent to an activating group) is 1. The Morgan fingerprint density at radius 2 is 1.94 bits per heavy atom. The average molecular weight is 440 g/mol. The van der Waals surface area contributed by atoms with Gasteiger partial charge in [-0.1, -0.05) is 17.7 Å². The second-order valence-corrected chi connectivity index (χ2v) is 10.8. The highest BCUT2D eigenvalue weighted by molar-refractivity contribution is 6.09. The summed E-state index contributed by atoms with van der Waals surface area (Å²) in [6.45, 7) is 7.71. The van der Waals surface area contributed by atoms with Gasteiger partial charge < -0.3 is 29.9 Å². The first-order valence-corrected chi connectivity index (χ1v) is 11.1. The Hall–Kier alpha value is -2.26. The van der Waals surface area contributed by atoms with Crippen molar-refractivity contribution in [1.29, 1.82) is 0 Å². The number of rotatable bonds is 2. The molecule has 1 aromatic rings. The summed E-state index contributed by atoms with van der Waals surface area (Å²) < 4.78 is 6.08. The number of hydrogen-bond donors (Lipinski definition) is 3. The number of hydrogen-bond acceptors (Lipinski definition) is 6. The van der Waals surface area contributed by atoms with E-state index in [1.165, 1.54) is 15.4 Å². The second kappa shape index (κ2) is 5.44. The largest absolute Gasteiger partial charge is 0.378 e. The third-order valence-corrected chi connectivity index (χ3v) is 8.57. The summed E-state index contributed by atoms with van der Waals surface area (Å²) in [6, 6.07) is 4.02. The van der Waals surface area contributed by atoms with E-state index < -0.39 is 46.5 Å². The Morgan fingerprint density at radius 3 is 2.59 bits per heavy atom. The van der Waals surface area contributed by atoms with Gasteiger partial charge in [0.1, 0.15) is 0 Å². The van der Waals surface area contributed by atoms with Gasteiger partial charge in [0.15, 0.2) is 11.7 Å². The number of carbonyl (C=O) groups is 2. The molecule has 4 heterocycles. The molecule has 2 amide bonds. The van der Waals surface area contributed by atoms with Crippen LogP contribution >= 0.6 is 0 Å². The number of anilines is 1. The van der Waals surface area contributed by atoms with Crippen molar-refractivity contribution in [3.05, 3.63) is 40.5 Å². The Kier molecular flexibility index (Phi) is 3.46. The van der Waals surface area contributed by atoms with E-state index in [9.17, 15) is 24.9 Å². The maximum absolute atomic E-state index is 13.8. The number of ether oxygens (including phenoxy) is 1. The molecule has 3 N–H and O–H groups in total. The lowest BCUT2D eigenvalue weighted by atomic mass is 9.61. The zero-order valence-corrected chi connectivity index (χ0v) is 18.8. The number of amides is 2. The van der Waals surface area contributed by atoms with Crippen LogP contribution in [0.2, 0.25) is 0 Å². The van der Waals surface area contributed by atoms with Gasteiger partial charge in [-0.25, -0.2) is 0 Å². The van der Waals surface area contributed by atoms with Crippen molar-refractivity contribution in [2.75, 3.05) is 11.9 Å². The van der Waals surface area contributed by atoms with Crippen LogP contribution in [0, 0.1) is 11.8 Å². The molecule has 0 radical (unpaired) electrons. The number of benzene rings is 1. The van der Waals surface area contributed by atoms with Crippen LogP contribution in [0.3, 0.4) is 0 Å². The molecule has 3 saturated heterocycles. The molecule has 0 bridgehead atoms. The highest BCUT2D eigenvalue weighted by Crippen LogP contribution is 2.73. The van der Waals surface area contributed by atoms with Crippen molar-refractivity contribution >= 4 is 17.5 Å². The summed E-state index contributed by atoms with van der Waals surface area (Å²) >= 11 is 0. The zero-order chi connectivity index (χ0) is 23.2. The fraction of sp³-hybridized carbons (Fsp3) is 0.583. The minimum atomic E-state index is -2.60. The van der Waals surface area contributed by atoms with E-state index in [2.05, 4.69) is 12.1 Å². The Bertz CT molecular complexity index is 1160. The predicted molar refractivity (Wildman–Crippen MR) is 113 cm³/mol. The third-order valence-electron chi connectivity index (χ3n) is 8.57. The topological polar surface area (TPSA) is 111 Å². The Balaban J connectivity index is 1.65. The molecular weight excluding hydrogens is 412 g/mol. The zero-order valence-electron chi connectivity index (χ0n) is 18.8. The van der Waals surface area contributed by atoms with E-state index in [1.807, 2.05) is 33.8 Å². The van der Waals surface area contributed by atoms with Gasteiger partial charge in [0.25, 0.3) is 17.6 Å². The van der Waals surface area contributed by atoms with Crippen LogP contribution in [0.4, 0.5) is 5.69 Å². The monoisotopic (exact) mass is 440 g/mol. The van der Waals surface area contributed by atoms with Crippen molar-refractivity contribution in [2.45, 2.75) is 69.3 Å². The van der Waals surface area contributed by atoms with Crippen LogP contribution in [-0.2, 0) is 32.8 Å². The standard InChI is InChI=1S/C24H28N2O6/c1-11(2)6-7-12-8-13-10-14-17-22(16(13)15(9-12)25(5)20(22)29)32-24(31)18(27)19(28)26(21(14,3)4)23(17,24)30/h6,8-9,14,17-18,27,30-31H,7,10H2,1-5H3/t14-,17-,18+,22+,23+,24-/m1/s1. The number of aliphatic hydroxyl groups is 3. The molecule has 0 aromatic heterocycles. The summed E-state index contributed by atoms with van der Waals surface area (Å²) in [5.74, 6) is -5.02. The first kappa shape index (κ1) is 20.4. The quantitative estimate of drug-likeness (QED) is 0.580. The fourth-order valence-corrected chi connectivity index (χ4v) is 7.26. The van der Waals surface area contributed by atoms with E-state index in [0.29, 0.717) is 24.1 Å². The second-order valence-electron chi connectivity index (χ2n) is 10.8. The van der Waals surface area contributed by atoms with Crippen LogP contribution in [-0.4, -0.2) is 62.2 Å². The van der Waals surface area contributed by atoms with E-state index in [1.54, 1.807) is 7.05 Å². The lowest BCUT2D eigenvalue weighted by Gasteiger charge is -2.42. The van der Waals surface area contributed by atoms with E-state index >= 15 is 0 Å². The van der Waals surface area contributed by atoms with Gasteiger partial charge in [-0.2, -0.15) is 0 Å². The maximum Gasteiger partial charge on any atom is 0.264 e. The van der Waals surface area contributed by atoms with Crippen LogP contribution in [0.1, 0.15) is 44.4 Å². The third kappa shape index (κ3) is 1.77. The fourth-order valence-electron chi connectivity index (χ4n) is 7.26. The predicted octanol–water partition coefficient (Wildman–Crippen LogP) is 0.558. The highest BCUT2D eigenvalue weighted by atomic mass is 16.7. The summed E-state index contributed by atoms with van der Waals surface area (Å²) in [4.78, 5) is 29.5. The molecule has 8 heteroatoms. The lowest BCUT2D eigenvalue weighted by molar-refractivity contribution is -0.310. The van der Waals surface area contributed by atoms with Gasteiger partial charge in [-0.05, 0) is 63.6 Å². The molecule has 1 aromatic carbocycles. The van der Waals surface area contributed by atoms with Crippen LogP contribution in [0.15, 0.2) is 23.8 Å². The number of nitrogens with zero attached hydrogens (tertiary/aromatic N) is 2. The van der Waals surface area contributed by atoms with Crippen molar-refractivity contribution in [2.24, 2.45) is 11.8 Å². The van der Waals surface area contributed by atoms with Gasteiger partial charge in [0.2, 0.25) is 5.72 Å². The first-order valence-electron chi connectivity index (χ1n) is 11.1. The smallest absolute Gasteiger partial charge is 0.264 e. The van der Waals surface area contributed by atoms with E-state index in [4.69, 9.17) is 4.74 Å². The van der Waals surface area contributed by atoms with Crippen molar-refractivity contribution in [3.63, 3.8) is 0 Å². The number of allylic oxidation sites excluding steroid dienone is 2. The van der Waals surface area contributed by atoms with Crippen molar-refractivity contribution < 1.29 is 29.6 Å². The molecule has 6 rings (SSSR count). The molecule has 4 aliphatic heterocycles. The molecule has 6 atom stereocenters. The summed E-state index contributed by atoms with van der Waals surface area (Å²) in [7, 11) is 1.66. The van der Waals surface area contributed by atoms with Gasteiger partial charge in [0, 0.05) is 18.2 Å². The molecule has 170 valence electrons. The molecule has 32 heavy (non-hydrogen) atoms. The summed E-state index contributed by atoms with van der Waals surface area (Å²) in [5.41, 5.74) is -0.272. The van der Waals surface area contributed by atoms with Gasteiger partial charge >= 0.3 is 0 Å². The number of aliphatic hydroxyl groups excluding tert-OH is 1. The van der Waals surface area contributed by atoms with Gasteiger partial charge in [-0.15, -0.1) is 0 Å². The maximum atomic E-state index is 13.8. The normalized spacial score (nSPS) is 41.9. The Labute approximate surface area is 186 Å². The summed E-state index contributed by atoms with van der Waals surface area (Å²) in [6.07, 6.45) is 1.39. The SMILES string of the molecule is CC(C)=CCc1cc2c3c(c1)N(C)C(=O)[C@]31O[C@]3(O)[C@@H](O)C(=O)N4C(C)(C)[C@H](C2)[C@H]1[C@@]43O. The van der Waals surface area contributed by atoms with Gasteiger partial charge in [0.05, 0.1) is 11.6 Å². The first-order chi connectivity index (χ1) is 14.8. The molecule has 3 fully saturated rings. The lowest BCUT2D eigenvalue weighted by Crippen LogP contribution is -2.59. The molecule has 5 aliphatic rings. The van der Waals surface area contributed by atoms with Gasteiger partial charge in [-0.3, -0.25) is 9.59 Å². The number of carbonyl (C=O) groups excluding carboxylic acids is 2. The average Bonchev–Trinajstić information content (AvgIpc) is 3.20. The molecule has 1 aliphatic carbocycles. The Morgan fingerprint density at radius 1 is 1.25 bits per heavy atom. The van der Waals surface area contributed by atoms with E-state index in [-0.39, 0.29) is 5.92 Å². The molecule has 1 spiro atoms. The van der Waals surface area contributed by atoms with Crippen molar-refractivity contribution in [3.8, 4) is 0 Å².